The van der Waals surface area contributed by atoms with Gasteiger partial charge in [0.25, 0.3) is 0 Å². The van der Waals surface area contributed by atoms with Gasteiger partial charge in [-0.2, -0.15) is 0 Å². The molecule has 1 unspecified atom stereocenters. The summed E-state index contributed by atoms with van der Waals surface area (Å²) in [5.41, 5.74) is 5.29. The first-order valence-corrected chi connectivity index (χ1v) is 5.07. The maximum absolute atomic E-state index is 8.97. The smallest absolute Gasteiger partial charge is 0.0621 e. The molecular weight excluding hydrogens is 180 g/mol. The second kappa shape index (κ2) is 6.35. The molecular formula is C10H24N2O2. The molecule has 0 heterocycles. The lowest BCUT2D eigenvalue weighted by Crippen LogP contribution is -2.50. The van der Waals surface area contributed by atoms with Gasteiger partial charge in [0.1, 0.15) is 0 Å². The van der Waals surface area contributed by atoms with Crippen molar-refractivity contribution in [2.75, 3.05) is 33.4 Å². The van der Waals surface area contributed by atoms with Gasteiger partial charge in [-0.25, -0.2) is 0 Å². The summed E-state index contributed by atoms with van der Waals surface area (Å²) in [6.07, 6.45) is 0.269. The van der Waals surface area contributed by atoms with Crippen LogP contribution in [0.25, 0.3) is 0 Å². The Morgan fingerprint density at radius 2 is 2.07 bits per heavy atom. The molecule has 0 aromatic carbocycles. The van der Waals surface area contributed by atoms with E-state index in [1.807, 2.05) is 27.8 Å². The molecule has 0 rings (SSSR count). The summed E-state index contributed by atoms with van der Waals surface area (Å²) in [7, 11) is 1.98. The second-order valence-corrected chi connectivity index (χ2v) is 4.47. The molecule has 0 bridgehead atoms. The van der Waals surface area contributed by atoms with E-state index in [0.717, 1.165) is 6.54 Å². The van der Waals surface area contributed by atoms with Gasteiger partial charge in [-0.05, 0) is 27.8 Å². The topological polar surface area (TPSA) is 58.7 Å². The molecule has 0 radical (unpaired) electrons. The first-order valence-electron chi connectivity index (χ1n) is 5.07. The summed E-state index contributed by atoms with van der Waals surface area (Å²) in [6.45, 7) is 8.09. The Morgan fingerprint density at radius 3 is 2.50 bits per heavy atom. The number of nitrogens with two attached hydrogens (primary N) is 1. The molecule has 1 atom stereocenters. The van der Waals surface area contributed by atoms with E-state index in [1.54, 1.807) is 0 Å². The van der Waals surface area contributed by atoms with Gasteiger partial charge in [0.2, 0.25) is 0 Å². The van der Waals surface area contributed by atoms with E-state index in [1.165, 1.54) is 0 Å². The van der Waals surface area contributed by atoms with Gasteiger partial charge in [0, 0.05) is 18.6 Å². The Bertz CT molecular complexity index is 149. The first-order chi connectivity index (χ1) is 6.37. The van der Waals surface area contributed by atoms with Crippen molar-refractivity contribution in [3.05, 3.63) is 0 Å². The van der Waals surface area contributed by atoms with Crippen LogP contribution in [0.15, 0.2) is 0 Å². The Kier molecular flexibility index (Phi) is 6.27. The number of hydrogen-bond acceptors (Lipinski definition) is 4. The molecule has 3 N–H and O–H groups in total. The van der Waals surface area contributed by atoms with Gasteiger partial charge in [0.15, 0.2) is 0 Å². The highest BCUT2D eigenvalue weighted by molar-refractivity contribution is 4.80. The minimum Gasteiger partial charge on any atom is -0.394 e. The molecule has 0 saturated heterocycles. The van der Waals surface area contributed by atoms with E-state index < -0.39 is 5.54 Å². The molecule has 4 nitrogen and oxygen atoms in total. The Labute approximate surface area is 87.0 Å². The summed E-state index contributed by atoms with van der Waals surface area (Å²) in [5, 5.41) is 8.97. The Hall–Kier alpha value is -0.160. The molecule has 14 heavy (non-hydrogen) atoms. The average Bonchev–Trinajstić information content (AvgIpc) is 2.02. The monoisotopic (exact) mass is 204 g/mol. The van der Waals surface area contributed by atoms with Crippen molar-refractivity contribution < 1.29 is 9.84 Å². The lowest BCUT2D eigenvalue weighted by Gasteiger charge is -2.28. The zero-order chi connectivity index (χ0) is 11.2. The highest BCUT2D eigenvalue weighted by Crippen LogP contribution is 2.00. The van der Waals surface area contributed by atoms with E-state index in [-0.39, 0.29) is 12.7 Å². The molecule has 0 aromatic rings. The van der Waals surface area contributed by atoms with Gasteiger partial charge in [0.05, 0.1) is 19.3 Å². The number of nitrogens with zero attached hydrogens (tertiary/aromatic N) is 1. The summed E-state index contributed by atoms with van der Waals surface area (Å²) in [6, 6.07) is 0. The number of likely N-dealkylation sites (N-methyl/N-ethyl adjacent to an activating group) is 1. The van der Waals surface area contributed by atoms with Crippen LogP contribution in [0, 0.1) is 0 Å². The van der Waals surface area contributed by atoms with Gasteiger partial charge < -0.3 is 20.5 Å². The predicted molar refractivity (Wildman–Crippen MR) is 58.3 cm³/mol. The molecule has 86 valence electrons. The SMILES string of the molecule is CC(C)OCCN(C)CC(C)(N)CO. The number of ether oxygens (including phenoxy) is 1. The average molecular weight is 204 g/mol. The molecule has 0 aromatic heterocycles. The molecule has 0 spiro atoms. The fraction of sp³-hybridized carbons (Fsp3) is 1.00. The van der Waals surface area contributed by atoms with Crippen LogP contribution in [0.3, 0.4) is 0 Å². The van der Waals surface area contributed by atoms with E-state index in [9.17, 15) is 0 Å². The van der Waals surface area contributed by atoms with Gasteiger partial charge in [-0.3, -0.25) is 0 Å². The Balaban J connectivity index is 3.60. The van der Waals surface area contributed by atoms with Crippen molar-refractivity contribution in [1.82, 2.24) is 4.90 Å². The van der Waals surface area contributed by atoms with Crippen LogP contribution < -0.4 is 5.73 Å². The third-order valence-corrected chi connectivity index (χ3v) is 1.92. The van der Waals surface area contributed by atoms with Crippen molar-refractivity contribution in [2.24, 2.45) is 5.73 Å². The second-order valence-electron chi connectivity index (χ2n) is 4.47. The van der Waals surface area contributed by atoms with Crippen LogP contribution in [0.5, 0.6) is 0 Å². The lowest BCUT2D eigenvalue weighted by atomic mass is 10.1. The maximum Gasteiger partial charge on any atom is 0.0621 e. The first kappa shape index (κ1) is 13.8. The molecule has 0 amide bonds. The van der Waals surface area contributed by atoms with E-state index >= 15 is 0 Å². The molecule has 0 aliphatic rings. The third kappa shape index (κ3) is 7.26. The largest absolute Gasteiger partial charge is 0.394 e. The molecule has 0 aliphatic heterocycles. The summed E-state index contributed by atoms with van der Waals surface area (Å²) >= 11 is 0. The molecule has 0 aliphatic carbocycles. The normalized spacial score (nSPS) is 16.3. The van der Waals surface area contributed by atoms with Gasteiger partial charge in [-0.15, -0.1) is 0 Å². The third-order valence-electron chi connectivity index (χ3n) is 1.92. The van der Waals surface area contributed by atoms with Crippen LogP contribution in [0.1, 0.15) is 20.8 Å². The standard InChI is InChI=1S/C10H24N2O2/c1-9(2)14-6-5-12(4)7-10(3,11)8-13/h9,13H,5-8,11H2,1-4H3. The number of hydrogen-bond donors (Lipinski definition) is 2. The minimum atomic E-state index is -0.521. The lowest BCUT2D eigenvalue weighted by molar-refractivity contribution is 0.0573. The number of aliphatic hydroxyl groups is 1. The highest BCUT2D eigenvalue weighted by atomic mass is 16.5. The van der Waals surface area contributed by atoms with E-state index in [2.05, 4.69) is 4.90 Å². The van der Waals surface area contributed by atoms with Crippen LogP contribution in [0.2, 0.25) is 0 Å². The van der Waals surface area contributed by atoms with E-state index in [4.69, 9.17) is 15.6 Å². The summed E-state index contributed by atoms with van der Waals surface area (Å²) in [4.78, 5) is 2.07. The molecule has 4 heteroatoms. The van der Waals surface area contributed by atoms with Crippen molar-refractivity contribution in [2.45, 2.75) is 32.4 Å². The van der Waals surface area contributed by atoms with Crippen LogP contribution in [-0.2, 0) is 4.74 Å². The van der Waals surface area contributed by atoms with Crippen molar-refractivity contribution >= 4 is 0 Å². The number of aliphatic hydroxyl groups excluding tert-OH is 1. The summed E-state index contributed by atoms with van der Waals surface area (Å²) in [5.74, 6) is 0. The summed E-state index contributed by atoms with van der Waals surface area (Å²) < 4.78 is 5.42. The van der Waals surface area contributed by atoms with Crippen molar-refractivity contribution in [3.8, 4) is 0 Å². The van der Waals surface area contributed by atoms with Gasteiger partial charge >= 0.3 is 0 Å². The zero-order valence-corrected chi connectivity index (χ0v) is 9.79. The molecule has 0 fully saturated rings. The zero-order valence-electron chi connectivity index (χ0n) is 9.79. The van der Waals surface area contributed by atoms with E-state index in [0.29, 0.717) is 13.2 Å². The fourth-order valence-corrected chi connectivity index (χ4v) is 1.19. The fourth-order valence-electron chi connectivity index (χ4n) is 1.19. The van der Waals surface area contributed by atoms with Crippen molar-refractivity contribution in [3.63, 3.8) is 0 Å². The Morgan fingerprint density at radius 1 is 1.50 bits per heavy atom. The predicted octanol–water partition coefficient (Wildman–Crippen LogP) is 0.0529. The quantitative estimate of drug-likeness (QED) is 0.615. The minimum absolute atomic E-state index is 0.00236. The van der Waals surface area contributed by atoms with Crippen LogP contribution >= 0.6 is 0 Å². The highest BCUT2D eigenvalue weighted by Gasteiger charge is 2.18. The van der Waals surface area contributed by atoms with Crippen LogP contribution in [-0.4, -0.2) is 55.0 Å². The number of rotatable bonds is 7. The van der Waals surface area contributed by atoms with Gasteiger partial charge in [-0.1, -0.05) is 0 Å². The van der Waals surface area contributed by atoms with Crippen LogP contribution in [0.4, 0.5) is 0 Å². The van der Waals surface area contributed by atoms with Crippen molar-refractivity contribution in [1.29, 1.82) is 0 Å². The maximum atomic E-state index is 8.97. The molecule has 0 saturated carbocycles.